The predicted molar refractivity (Wildman–Crippen MR) is 105 cm³/mol. The van der Waals surface area contributed by atoms with Crippen LogP contribution in [0.2, 0.25) is 0 Å². The van der Waals surface area contributed by atoms with Gasteiger partial charge < -0.3 is 4.74 Å². The normalized spacial score (nSPS) is 15.3. The Morgan fingerprint density at radius 1 is 1.19 bits per heavy atom. The Balaban J connectivity index is 1.73. The lowest BCUT2D eigenvalue weighted by Gasteiger charge is -2.26. The molecule has 0 aromatic heterocycles. The van der Waals surface area contributed by atoms with Crippen LogP contribution in [0.4, 0.5) is 4.39 Å². The summed E-state index contributed by atoms with van der Waals surface area (Å²) in [7, 11) is 1.68. The van der Waals surface area contributed by atoms with E-state index in [1.54, 1.807) is 13.2 Å². The van der Waals surface area contributed by atoms with Gasteiger partial charge in [-0.1, -0.05) is 12.1 Å². The van der Waals surface area contributed by atoms with Gasteiger partial charge in [-0.05, 0) is 48.0 Å². The number of benzene rings is 2. The molecule has 0 unspecified atom stereocenters. The van der Waals surface area contributed by atoms with Crippen LogP contribution in [0.15, 0.2) is 48.5 Å². The van der Waals surface area contributed by atoms with Gasteiger partial charge in [-0.2, -0.15) is 11.8 Å². The number of nitrogens with zero attached hydrogens (tertiary/aromatic N) is 1. The van der Waals surface area contributed by atoms with Crippen LogP contribution in [0.25, 0.3) is 6.08 Å². The Hall–Kier alpha value is -2.11. The number of methoxy groups -OCH3 is 1. The summed E-state index contributed by atoms with van der Waals surface area (Å²) < 4.78 is 18.5. The van der Waals surface area contributed by atoms with Crippen LogP contribution in [0, 0.1) is 5.82 Å². The molecule has 1 aliphatic rings. The second kappa shape index (κ2) is 9.01. The second-order valence-corrected chi connectivity index (χ2v) is 7.39. The first-order valence-corrected chi connectivity index (χ1v) is 9.76. The van der Waals surface area contributed by atoms with Gasteiger partial charge in [0.2, 0.25) is 0 Å². The van der Waals surface area contributed by atoms with Gasteiger partial charge in [0, 0.05) is 42.3 Å². The molecular weight excluding hydrogens is 349 g/mol. The van der Waals surface area contributed by atoms with Gasteiger partial charge in [-0.15, -0.1) is 0 Å². The number of carbonyl (C=O) groups excluding carboxylic acids is 1. The van der Waals surface area contributed by atoms with Crippen molar-refractivity contribution in [2.45, 2.75) is 6.54 Å². The lowest BCUT2D eigenvalue weighted by atomic mass is 10.1. The first-order chi connectivity index (χ1) is 12.7. The molecule has 5 heteroatoms. The van der Waals surface area contributed by atoms with Crippen molar-refractivity contribution in [2.75, 3.05) is 31.7 Å². The van der Waals surface area contributed by atoms with Crippen LogP contribution < -0.4 is 4.74 Å². The van der Waals surface area contributed by atoms with Gasteiger partial charge in [0.05, 0.1) is 7.11 Å². The average molecular weight is 371 g/mol. The van der Waals surface area contributed by atoms with E-state index in [2.05, 4.69) is 11.0 Å². The van der Waals surface area contributed by atoms with E-state index in [4.69, 9.17) is 4.74 Å². The van der Waals surface area contributed by atoms with Gasteiger partial charge in [0.25, 0.3) is 0 Å². The lowest BCUT2D eigenvalue weighted by Crippen LogP contribution is -2.32. The zero-order valence-corrected chi connectivity index (χ0v) is 15.6. The Morgan fingerprint density at radius 3 is 2.62 bits per heavy atom. The number of carbonyl (C=O) groups is 1. The SMILES string of the molecule is COc1ccc(/C=C/C(=O)c2ccc(F)cc2)cc1CN1CCSCC1. The molecule has 1 heterocycles. The van der Waals surface area contributed by atoms with Crippen LogP contribution in [-0.2, 0) is 6.54 Å². The molecule has 1 aliphatic heterocycles. The molecule has 3 rings (SSSR count). The number of hydrogen-bond acceptors (Lipinski definition) is 4. The molecule has 0 N–H and O–H groups in total. The molecule has 136 valence electrons. The molecule has 0 saturated carbocycles. The van der Waals surface area contributed by atoms with Crippen molar-refractivity contribution < 1.29 is 13.9 Å². The van der Waals surface area contributed by atoms with Crippen molar-refractivity contribution in [3.63, 3.8) is 0 Å². The third-order valence-electron chi connectivity index (χ3n) is 4.36. The first-order valence-electron chi connectivity index (χ1n) is 8.61. The Labute approximate surface area is 157 Å². The summed E-state index contributed by atoms with van der Waals surface area (Å²) in [6, 6.07) is 11.5. The van der Waals surface area contributed by atoms with Crippen molar-refractivity contribution in [2.24, 2.45) is 0 Å². The maximum atomic E-state index is 13.0. The van der Waals surface area contributed by atoms with Gasteiger partial charge in [-0.25, -0.2) is 4.39 Å². The highest BCUT2D eigenvalue weighted by Gasteiger charge is 2.13. The van der Waals surface area contributed by atoms with Crippen molar-refractivity contribution in [3.8, 4) is 5.75 Å². The predicted octanol–water partition coefficient (Wildman–Crippen LogP) is 4.28. The number of hydrogen-bond donors (Lipinski definition) is 0. The molecule has 2 aromatic rings. The molecule has 3 nitrogen and oxygen atoms in total. The third-order valence-corrected chi connectivity index (χ3v) is 5.30. The Bertz CT molecular complexity index is 783. The molecule has 1 saturated heterocycles. The van der Waals surface area contributed by atoms with Gasteiger partial charge in [-0.3, -0.25) is 9.69 Å². The quantitative estimate of drug-likeness (QED) is 0.560. The number of halogens is 1. The summed E-state index contributed by atoms with van der Waals surface area (Å²) in [5.74, 6) is 2.70. The van der Waals surface area contributed by atoms with Crippen LogP contribution in [0.1, 0.15) is 21.5 Å². The maximum absolute atomic E-state index is 13.0. The fourth-order valence-corrected chi connectivity index (χ4v) is 3.89. The summed E-state index contributed by atoms with van der Waals surface area (Å²) in [6.45, 7) is 3.01. The van der Waals surface area contributed by atoms with Crippen LogP contribution in [0.5, 0.6) is 5.75 Å². The Kier molecular flexibility index (Phi) is 6.47. The molecule has 0 aliphatic carbocycles. The zero-order valence-electron chi connectivity index (χ0n) is 14.8. The van der Waals surface area contributed by atoms with E-state index in [-0.39, 0.29) is 11.6 Å². The van der Waals surface area contributed by atoms with E-state index >= 15 is 0 Å². The first kappa shape index (κ1) is 18.7. The largest absolute Gasteiger partial charge is 0.496 e. The van der Waals surface area contributed by atoms with Crippen molar-refractivity contribution >= 4 is 23.6 Å². The van der Waals surface area contributed by atoms with E-state index in [0.29, 0.717) is 5.56 Å². The number of allylic oxidation sites excluding steroid dienone is 1. The van der Waals surface area contributed by atoms with Crippen LogP contribution in [0.3, 0.4) is 0 Å². The molecule has 0 spiro atoms. The maximum Gasteiger partial charge on any atom is 0.185 e. The molecule has 0 atom stereocenters. The van der Waals surface area contributed by atoms with Crippen molar-refractivity contribution in [3.05, 3.63) is 71.0 Å². The molecule has 1 fully saturated rings. The van der Waals surface area contributed by atoms with Crippen molar-refractivity contribution in [1.82, 2.24) is 4.90 Å². The minimum atomic E-state index is -0.346. The topological polar surface area (TPSA) is 29.5 Å². The zero-order chi connectivity index (χ0) is 18.4. The highest BCUT2D eigenvalue weighted by Crippen LogP contribution is 2.24. The second-order valence-electron chi connectivity index (χ2n) is 6.16. The smallest absolute Gasteiger partial charge is 0.185 e. The summed E-state index contributed by atoms with van der Waals surface area (Å²) in [4.78, 5) is 14.6. The minimum Gasteiger partial charge on any atom is -0.496 e. The minimum absolute atomic E-state index is 0.143. The monoisotopic (exact) mass is 371 g/mol. The molecule has 0 bridgehead atoms. The van der Waals surface area contributed by atoms with Gasteiger partial charge in [0.1, 0.15) is 11.6 Å². The molecule has 2 aromatic carbocycles. The molecular formula is C21H22FNO2S. The number of ether oxygens (including phenoxy) is 1. The van der Waals surface area contributed by atoms with Crippen molar-refractivity contribution in [1.29, 1.82) is 0 Å². The summed E-state index contributed by atoms with van der Waals surface area (Å²) >= 11 is 1.99. The number of ketones is 1. The summed E-state index contributed by atoms with van der Waals surface area (Å²) in [6.07, 6.45) is 3.32. The third kappa shape index (κ3) is 4.96. The van der Waals surface area contributed by atoms with Crippen LogP contribution >= 0.6 is 11.8 Å². The van der Waals surface area contributed by atoms with Gasteiger partial charge in [0.15, 0.2) is 5.78 Å². The van der Waals surface area contributed by atoms with E-state index in [1.807, 2.05) is 23.9 Å². The number of thioether (sulfide) groups is 1. The lowest BCUT2D eigenvalue weighted by molar-refractivity contribution is 0.104. The fraction of sp³-hybridized carbons (Fsp3) is 0.286. The highest BCUT2D eigenvalue weighted by atomic mass is 32.2. The standard InChI is InChI=1S/C21H22FNO2S/c1-25-21-9-3-16(14-18(21)15-23-10-12-26-13-11-23)2-8-20(24)17-4-6-19(22)7-5-17/h2-9,14H,10-13,15H2,1H3/b8-2+. The fourth-order valence-electron chi connectivity index (χ4n) is 2.91. The van der Waals surface area contributed by atoms with E-state index < -0.39 is 0 Å². The average Bonchev–Trinajstić information content (AvgIpc) is 2.67. The molecule has 26 heavy (non-hydrogen) atoms. The van der Waals surface area contributed by atoms with Crippen LogP contribution in [-0.4, -0.2) is 42.4 Å². The van der Waals surface area contributed by atoms with E-state index in [0.717, 1.165) is 48.0 Å². The summed E-state index contributed by atoms with van der Waals surface area (Å²) in [5, 5.41) is 0. The highest BCUT2D eigenvalue weighted by molar-refractivity contribution is 7.99. The van der Waals surface area contributed by atoms with Gasteiger partial charge >= 0.3 is 0 Å². The summed E-state index contributed by atoms with van der Waals surface area (Å²) in [5.41, 5.74) is 2.54. The van der Waals surface area contributed by atoms with E-state index in [1.165, 1.54) is 30.3 Å². The number of rotatable bonds is 6. The molecule has 0 radical (unpaired) electrons. The molecule has 0 amide bonds. The van der Waals surface area contributed by atoms with E-state index in [9.17, 15) is 9.18 Å². The Morgan fingerprint density at radius 2 is 1.92 bits per heavy atom.